The second-order valence-electron chi connectivity index (χ2n) is 6.93. The Kier molecular flexibility index (Phi) is 5.56. The minimum absolute atomic E-state index is 0.274. The lowest BCUT2D eigenvalue weighted by Crippen LogP contribution is -2.39. The Morgan fingerprint density at radius 1 is 1.07 bits per heavy atom. The van der Waals surface area contributed by atoms with E-state index in [9.17, 15) is 12.8 Å². The van der Waals surface area contributed by atoms with Crippen molar-refractivity contribution < 1.29 is 17.5 Å². The fourth-order valence-corrected chi connectivity index (χ4v) is 6.10. The van der Waals surface area contributed by atoms with Gasteiger partial charge in [-0.1, -0.05) is 0 Å². The van der Waals surface area contributed by atoms with E-state index in [4.69, 9.17) is 4.74 Å². The van der Waals surface area contributed by atoms with Crippen LogP contribution in [0.4, 0.5) is 9.52 Å². The zero-order valence-corrected chi connectivity index (χ0v) is 17.5. The fraction of sp³-hybridized carbons (Fsp3) is 0.286. The first-order valence-corrected chi connectivity index (χ1v) is 11.7. The number of methoxy groups -OCH3 is 1. The average Bonchev–Trinajstić information content (AvgIpc) is 3.24. The van der Waals surface area contributed by atoms with Crippen LogP contribution in [0.3, 0.4) is 0 Å². The van der Waals surface area contributed by atoms with Gasteiger partial charge in [-0.2, -0.15) is 0 Å². The van der Waals surface area contributed by atoms with Gasteiger partial charge >= 0.3 is 0 Å². The van der Waals surface area contributed by atoms with Crippen molar-refractivity contribution in [3.63, 3.8) is 0 Å². The van der Waals surface area contributed by atoms with Crippen LogP contribution < -0.4 is 9.64 Å². The molecule has 0 N–H and O–H groups in total. The molecule has 1 aliphatic heterocycles. The molecule has 29 heavy (non-hydrogen) atoms. The summed E-state index contributed by atoms with van der Waals surface area (Å²) in [4.78, 5) is 7.12. The first-order chi connectivity index (χ1) is 14.0. The van der Waals surface area contributed by atoms with Crippen LogP contribution in [0.2, 0.25) is 0 Å². The van der Waals surface area contributed by atoms with Gasteiger partial charge in [0.15, 0.2) is 15.0 Å². The summed E-state index contributed by atoms with van der Waals surface area (Å²) in [6.45, 7) is 1.27. The third kappa shape index (κ3) is 4.13. The van der Waals surface area contributed by atoms with Crippen LogP contribution in [0.25, 0.3) is 11.3 Å². The summed E-state index contributed by atoms with van der Waals surface area (Å²) in [5.74, 6) is 0.365. The van der Waals surface area contributed by atoms with Gasteiger partial charge in [-0.15, -0.1) is 11.3 Å². The molecule has 0 amide bonds. The Morgan fingerprint density at radius 3 is 2.34 bits per heavy atom. The highest BCUT2D eigenvalue weighted by molar-refractivity contribution is 7.92. The summed E-state index contributed by atoms with van der Waals surface area (Å²) in [5, 5.41) is 2.41. The molecular weight excluding hydrogens is 411 g/mol. The van der Waals surface area contributed by atoms with E-state index in [1.54, 1.807) is 43.5 Å². The smallest absolute Gasteiger partial charge is 0.185 e. The third-order valence-electron chi connectivity index (χ3n) is 5.17. The van der Waals surface area contributed by atoms with Crippen molar-refractivity contribution in [1.29, 1.82) is 0 Å². The van der Waals surface area contributed by atoms with Gasteiger partial charge in [-0.25, -0.2) is 17.8 Å². The van der Waals surface area contributed by atoms with Gasteiger partial charge in [0.1, 0.15) is 11.6 Å². The van der Waals surface area contributed by atoms with Gasteiger partial charge in [0.05, 0.1) is 22.9 Å². The minimum Gasteiger partial charge on any atom is -0.497 e. The Balaban J connectivity index is 1.43. The highest BCUT2D eigenvalue weighted by atomic mass is 32.2. The van der Waals surface area contributed by atoms with Gasteiger partial charge in [0, 0.05) is 24.0 Å². The molecule has 2 aromatic carbocycles. The van der Waals surface area contributed by atoms with Crippen LogP contribution in [-0.2, 0) is 9.84 Å². The largest absolute Gasteiger partial charge is 0.497 e. The second kappa shape index (κ2) is 8.12. The number of anilines is 1. The number of sulfone groups is 1. The van der Waals surface area contributed by atoms with Gasteiger partial charge in [0.2, 0.25) is 0 Å². The fourth-order valence-electron chi connectivity index (χ4n) is 3.48. The number of piperidine rings is 1. The number of halogens is 1. The van der Waals surface area contributed by atoms with E-state index in [0.29, 0.717) is 36.6 Å². The molecule has 0 spiro atoms. The molecule has 8 heteroatoms. The van der Waals surface area contributed by atoms with Crippen LogP contribution in [0.1, 0.15) is 12.8 Å². The number of benzene rings is 2. The molecule has 2 heterocycles. The second-order valence-corrected chi connectivity index (χ2v) is 9.99. The number of rotatable bonds is 5. The summed E-state index contributed by atoms with van der Waals surface area (Å²) < 4.78 is 44.1. The molecule has 0 atom stereocenters. The summed E-state index contributed by atoms with van der Waals surface area (Å²) >= 11 is 1.52. The molecule has 0 unspecified atom stereocenters. The van der Waals surface area contributed by atoms with Crippen LogP contribution in [0, 0.1) is 5.82 Å². The first kappa shape index (κ1) is 19.8. The zero-order chi connectivity index (χ0) is 20.4. The summed E-state index contributed by atoms with van der Waals surface area (Å²) in [5.41, 5.74) is 1.67. The van der Waals surface area contributed by atoms with E-state index in [0.717, 1.165) is 16.4 Å². The normalized spacial score (nSPS) is 15.4. The van der Waals surface area contributed by atoms with Crippen molar-refractivity contribution in [2.75, 3.05) is 25.1 Å². The molecule has 1 saturated heterocycles. The molecule has 1 aliphatic rings. The molecule has 3 aromatic rings. The van der Waals surface area contributed by atoms with E-state index in [2.05, 4.69) is 9.88 Å². The van der Waals surface area contributed by atoms with Crippen LogP contribution in [0.5, 0.6) is 5.75 Å². The monoisotopic (exact) mass is 432 g/mol. The lowest BCUT2D eigenvalue weighted by atomic mass is 10.1. The van der Waals surface area contributed by atoms with Crippen molar-refractivity contribution in [3.8, 4) is 17.0 Å². The van der Waals surface area contributed by atoms with Crippen LogP contribution in [0.15, 0.2) is 58.8 Å². The van der Waals surface area contributed by atoms with Crippen molar-refractivity contribution >= 4 is 26.3 Å². The number of ether oxygens (including phenoxy) is 1. The standard InChI is InChI=1S/C21H21FN2O3S2/c1-27-17-6-8-18(9-7-17)29(25,26)19-10-12-24(13-11-19)21-23-20(14-28-21)15-2-4-16(22)5-3-15/h2-9,14,19H,10-13H2,1H3. The molecule has 4 rings (SSSR count). The summed E-state index contributed by atoms with van der Waals surface area (Å²) in [6.07, 6.45) is 1.11. The van der Waals surface area contributed by atoms with Crippen molar-refractivity contribution in [1.82, 2.24) is 4.98 Å². The Hall–Kier alpha value is -2.45. The zero-order valence-electron chi connectivity index (χ0n) is 15.9. The van der Waals surface area contributed by atoms with Crippen molar-refractivity contribution in [2.24, 2.45) is 0 Å². The lowest BCUT2D eigenvalue weighted by molar-refractivity contribution is 0.414. The van der Waals surface area contributed by atoms with E-state index in [1.165, 1.54) is 23.5 Å². The molecule has 1 aromatic heterocycles. The summed E-state index contributed by atoms with van der Waals surface area (Å²) in [6, 6.07) is 12.8. The van der Waals surface area contributed by atoms with E-state index in [-0.39, 0.29) is 5.82 Å². The predicted molar refractivity (Wildman–Crippen MR) is 113 cm³/mol. The number of hydrogen-bond acceptors (Lipinski definition) is 6. The number of hydrogen-bond donors (Lipinski definition) is 0. The molecule has 0 bridgehead atoms. The van der Waals surface area contributed by atoms with Gasteiger partial charge in [-0.3, -0.25) is 0 Å². The average molecular weight is 433 g/mol. The Bertz CT molecular complexity index is 1070. The Labute approximate surface area is 173 Å². The quantitative estimate of drug-likeness (QED) is 0.598. The number of aromatic nitrogens is 1. The van der Waals surface area contributed by atoms with E-state index < -0.39 is 15.1 Å². The SMILES string of the molecule is COc1ccc(S(=O)(=O)C2CCN(c3nc(-c4ccc(F)cc4)cs3)CC2)cc1. The lowest BCUT2D eigenvalue weighted by Gasteiger charge is -2.31. The topological polar surface area (TPSA) is 59.5 Å². The van der Waals surface area contributed by atoms with E-state index >= 15 is 0 Å². The third-order valence-corrected chi connectivity index (χ3v) is 8.35. The predicted octanol–water partition coefficient (Wildman–Crippen LogP) is 4.40. The minimum atomic E-state index is -3.37. The molecule has 152 valence electrons. The van der Waals surface area contributed by atoms with Crippen LogP contribution >= 0.6 is 11.3 Å². The molecule has 1 fully saturated rings. The van der Waals surface area contributed by atoms with E-state index in [1.807, 2.05) is 5.38 Å². The molecule has 0 aliphatic carbocycles. The Morgan fingerprint density at radius 2 is 1.72 bits per heavy atom. The highest BCUT2D eigenvalue weighted by Gasteiger charge is 2.32. The van der Waals surface area contributed by atoms with Crippen molar-refractivity contribution in [3.05, 3.63) is 59.7 Å². The van der Waals surface area contributed by atoms with Gasteiger partial charge in [0.25, 0.3) is 0 Å². The maximum Gasteiger partial charge on any atom is 0.185 e. The van der Waals surface area contributed by atoms with Gasteiger partial charge in [-0.05, 0) is 61.4 Å². The molecular formula is C21H21FN2O3S2. The maximum atomic E-state index is 13.1. The maximum absolute atomic E-state index is 13.1. The molecule has 0 saturated carbocycles. The van der Waals surface area contributed by atoms with Gasteiger partial charge < -0.3 is 9.64 Å². The molecule has 5 nitrogen and oxygen atoms in total. The van der Waals surface area contributed by atoms with Crippen LogP contribution in [-0.4, -0.2) is 38.9 Å². The number of thiazole rings is 1. The summed E-state index contributed by atoms with van der Waals surface area (Å²) in [7, 11) is -1.81. The molecule has 0 radical (unpaired) electrons. The highest BCUT2D eigenvalue weighted by Crippen LogP contribution is 2.32. The van der Waals surface area contributed by atoms with Crippen molar-refractivity contribution in [2.45, 2.75) is 23.0 Å². The number of nitrogens with zero attached hydrogens (tertiary/aromatic N) is 2. The first-order valence-electron chi connectivity index (χ1n) is 9.32.